The van der Waals surface area contributed by atoms with Crippen LogP contribution in [-0.4, -0.2) is 21.2 Å². The third kappa shape index (κ3) is 1.20. The van der Waals surface area contributed by atoms with Gasteiger partial charge in [-0.05, 0) is 6.07 Å². The maximum atomic E-state index is 11.1. The molecule has 0 aromatic carbocycles. The van der Waals surface area contributed by atoms with E-state index in [2.05, 4.69) is 15.0 Å². The summed E-state index contributed by atoms with van der Waals surface area (Å²) in [5.74, 6) is 0. The second kappa shape index (κ2) is 2.78. The van der Waals surface area contributed by atoms with Gasteiger partial charge in [0.05, 0.1) is 11.8 Å². The predicted molar refractivity (Wildman–Crippen MR) is 45.5 cm³/mol. The fourth-order valence-electron chi connectivity index (χ4n) is 1.04. The standard InChI is InChI=1S/C8H5N3O2/c12-3-5-1-6-7(9-2-5)8(13)11-4-10-6/h1-4H,(H,10,11,13). The third-order valence-electron chi connectivity index (χ3n) is 1.64. The predicted octanol–water partition coefficient (Wildman–Crippen LogP) is 0.131. The number of hydrogen-bond acceptors (Lipinski definition) is 4. The Kier molecular flexibility index (Phi) is 1.63. The Morgan fingerprint density at radius 3 is 3.00 bits per heavy atom. The lowest BCUT2D eigenvalue weighted by Gasteiger charge is -1.94. The Balaban J connectivity index is 2.87. The van der Waals surface area contributed by atoms with Crippen molar-refractivity contribution in [3.8, 4) is 0 Å². The zero-order valence-electron chi connectivity index (χ0n) is 6.52. The fraction of sp³-hybridized carbons (Fsp3) is 0. The van der Waals surface area contributed by atoms with Crippen molar-refractivity contribution < 1.29 is 4.79 Å². The van der Waals surface area contributed by atoms with Gasteiger partial charge in [0.1, 0.15) is 0 Å². The minimum absolute atomic E-state index is 0.244. The van der Waals surface area contributed by atoms with E-state index in [4.69, 9.17) is 0 Å². The molecule has 0 fully saturated rings. The van der Waals surface area contributed by atoms with Gasteiger partial charge in [-0.3, -0.25) is 9.59 Å². The maximum absolute atomic E-state index is 11.1. The lowest BCUT2D eigenvalue weighted by Crippen LogP contribution is -2.08. The Labute approximate surface area is 72.5 Å². The van der Waals surface area contributed by atoms with E-state index in [-0.39, 0.29) is 11.1 Å². The number of rotatable bonds is 1. The van der Waals surface area contributed by atoms with E-state index in [0.29, 0.717) is 17.4 Å². The molecule has 2 heterocycles. The summed E-state index contributed by atoms with van der Waals surface area (Å²) >= 11 is 0. The van der Waals surface area contributed by atoms with Gasteiger partial charge in [-0.15, -0.1) is 0 Å². The van der Waals surface area contributed by atoms with Crippen molar-refractivity contribution in [3.63, 3.8) is 0 Å². The van der Waals surface area contributed by atoms with Gasteiger partial charge in [-0.25, -0.2) is 9.97 Å². The molecule has 0 saturated heterocycles. The summed E-state index contributed by atoms with van der Waals surface area (Å²) in [7, 11) is 0. The van der Waals surface area contributed by atoms with Crippen LogP contribution in [0.15, 0.2) is 23.4 Å². The zero-order valence-corrected chi connectivity index (χ0v) is 6.52. The van der Waals surface area contributed by atoms with Crippen LogP contribution in [0.3, 0.4) is 0 Å². The Hall–Kier alpha value is -2.04. The van der Waals surface area contributed by atoms with Gasteiger partial charge in [-0.2, -0.15) is 0 Å². The smallest absolute Gasteiger partial charge is 0.277 e. The molecule has 0 aliphatic heterocycles. The van der Waals surface area contributed by atoms with Gasteiger partial charge >= 0.3 is 0 Å². The molecule has 5 heteroatoms. The number of aromatic nitrogens is 3. The lowest BCUT2D eigenvalue weighted by atomic mass is 10.3. The van der Waals surface area contributed by atoms with Crippen LogP contribution in [0.2, 0.25) is 0 Å². The number of aldehydes is 1. The lowest BCUT2D eigenvalue weighted by molar-refractivity contribution is 0.112. The summed E-state index contributed by atoms with van der Waals surface area (Å²) in [6.45, 7) is 0. The van der Waals surface area contributed by atoms with Gasteiger partial charge in [0.25, 0.3) is 5.56 Å². The van der Waals surface area contributed by atoms with Crippen molar-refractivity contribution in [1.82, 2.24) is 15.0 Å². The molecule has 64 valence electrons. The van der Waals surface area contributed by atoms with Crippen molar-refractivity contribution in [2.24, 2.45) is 0 Å². The van der Waals surface area contributed by atoms with E-state index < -0.39 is 0 Å². The molecule has 0 spiro atoms. The van der Waals surface area contributed by atoms with Gasteiger partial charge in [0.15, 0.2) is 11.8 Å². The van der Waals surface area contributed by atoms with Crippen LogP contribution in [0.1, 0.15) is 10.4 Å². The van der Waals surface area contributed by atoms with Crippen molar-refractivity contribution >= 4 is 17.3 Å². The minimum atomic E-state index is -0.303. The highest BCUT2D eigenvalue weighted by Crippen LogP contribution is 2.03. The van der Waals surface area contributed by atoms with E-state index in [1.165, 1.54) is 18.6 Å². The quantitative estimate of drug-likeness (QED) is 0.625. The van der Waals surface area contributed by atoms with E-state index in [0.717, 1.165) is 0 Å². The monoisotopic (exact) mass is 175 g/mol. The Bertz CT molecular complexity index is 518. The van der Waals surface area contributed by atoms with Gasteiger partial charge in [0.2, 0.25) is 0 Å². The highest BCUT2D eigenvalue weighted by Gasteiger charge is 2.00. The molecule has 2 rings (SSSR count). The molecule has 0 aliphatic rings. The molecule has 0 unspecified atom stereocenters. The second-order valence-electron chi connectivity index (χ2n) is 2.49. The number of nitrogens with one attached hydrogen (secondary N) is 1. The molecule has 0 radical (unpaired) electrons. The first-order chi connectivity index (χ1) is 6.31. The zero-order chi connectivity index (χ0) is 9.26. The highest BCUT2D eigenvalue weighted by atomic mass is 16.1. The van der Waals surface area contributed by atoms with Crippen LogP contribution < -0.4 is 5.56 Å². The Morgan fingerprint density at radius 1 is 1.38 bits per heavy atom. The average Bonchev–Trinajstić information content (AvgIpc) is 2.18. The normalized spacial score (nSPS) is 10.2. The maximum Gasteiger partial charge on any atom is 0.277 e. The Morgan fingerprint density at radius 2 is 2.23 bits per heavy atom. The molecular formula is C8H5N3O2. The first-order valence-corrected chi connectivity index (χ1v) is 3.60. The molecule has 2 aromatic heterocycles. The number of carbonyl (C=O) groups excluding carboxylic acids is 1. The van der Waals surface area contributed by atoms with Crippen molar-refractivity contribution in [1.29, 1.82) is 0 Å². The molecule has 5 nitrogen and oxygen atoms in total. The van der Waals surface area contributed by atoms with Crippen molar-refractivity contribution in [2.45, 2.75) is 0 Å². The summed E-state index contributed by atoms with van der Waals surface area (Å²) in [4.78, 5) is 31.6. The van der Waals surface area contributed by atoms with Crippen molar-refractivity contribution in [2.75, 3.05) is 0 Å². The number of hydrogen-bond donors (Lipinski definition) is 1. The van der Waals surface area contributed by atoms with Gasteiger partial charge in [0, 0.05) is 11.8 Å². The molecule has 0 bridgehead atoms. The average molecular weight is 175 g/mol. The third-order valence-corrected chi connectivity index (χ3v) is 1.64. The number of nitrogens with zero attached hydrogens (tertiary/aromatic N) is 2. The fourth-order valence-corrected chi connectivity index (χ4v) is 1.04. The van der Waals surface area contributed by atoms with Gasteiger partial charge in [-0.1, -0.05) is 0 Å². The summed E-state index contributed by atoms with van der Waals surface area (Å²) in [5.41, 5.74) is 0.773. The van der Waals surface area contributed by atoms with Crippen LogP contribution in [0.25, 0.3) is 11.0 Å². The number of fused-ring (bicyclic) bond motifs is 1. The first-order valence-electron chi connectivity index (χ1n) is 3.60. The number of carbonyl (C=O) groups is 1. The van der Waals surface area contributed by atoms with Crippen LogP contribution >= 0.6 is 0 Å². The topological polar surface area (TPSA) is 75.7 Å². The number of H-pyrrole nitrogens is 1. The second-order valence-corrected chi connectivity index (χ2v) is 2.49. The summed E-state index contributed by atoms with van der Waals surface area (Å²) in [6, 6.07) is 1.52. The van der Waals surface area contributed by atoms with E-state index in [1.807, 2.05) is 0 Å². The van der Waals surface area contributed by atoms with E-state index in [9.17, 15) is 9.59 Å². The van der Waals surface area contributed by atoms with Crippen LogP contribution in [0, 0.1) is 0 Å². The first kappa shape index (κ1) is 7.60. The molecule has 0 atom stereocenters. The number of aromatic amines is 1. The molecule has 0 amide bonds. The SMILES string of the molecule is O=Cc1cnc2c(=O)[nH]cnc2c1. The molecular weight excluding hydrogens is 170 g/mol. The minimum Gasteiger partial charge on any atom is -0.311 e. The molecule has 0 saturated carbocycles. The largest absolute Gasteiger partial charge is 0.311 e. The molecule has 2 aromatic rings. The summed E-state index contributed by atoms with van der Waals surface area (Å²) in [5, 5.41) is 0. The number of pyridine rings is 1. The van der Waals surface area contributed by atoms with Crippen LogP contribution in [0.4, 0.5) is 0 Å². The highest BCUT2D eigenvalue weighted by molar-refractivity contribution is 5.82. The van der Waals surface area contributed by atoms with E-state index >= 15 is 0 Å². The summed E-state index contributed by atoms with van der Waals surface area (Å²) < 4.78 is 0. The molecule has 1 N–H and O–H groups in total. The summed E-state index contributed by atoms with van der Waals surface area (Å²) in [6.07, 6.45) is 3.28. The van der Waals surface area contributed by atoms with Crippen LogP contribution in [-0.2, 0) is 0 Å². The molecule has 0 aliphatic carbocycles. The van der Waals surface area contributed by atoms with Crippen molar-refractivity contribution in [3.05, 3.63) is 34.5 Å². The van der Waals surface area contributed by atoms with E-state index in [1.54, 1.807) is 0 Å². The molecule has 13 heavy (non-hydrogen) atoms. The van der Waals surface area contributed by atoms with Gasteiger partial charge < -0.3 is 4.98 Å². The van der Waals surface area contributed by atoms with Crippen LogP contribution in [0.5, 0.6) is 0 Å².